The molecule has 0 radical (unpaired) electrons. The minimum absolute atomic E-state index is 0.486. The van der Waals surface area contributed by atoms with Gasteiger partial charge in [0, 0.05) is 32.3 Å². The van der Waals surface area contributed by atoms with E-state index in [1.807, 2.05) is 18.3 Å². The number of ether oxygens (including phenoxy) is 1. The zero-order chi connectivity index (χ0) is 13.1. The van der Waals surface area contributed by atoms with Crippen molar-refractivity contribution in [1.82, 2.24) is 19.9 Å². The summed E-state index contributed by atoms with van der Waals surface area (Å²) in [4.78, 5) is 9.27. The largest absolute Gasteiger partial charge is 0.383 e. The van der Waals surface area contributed by atoms with Crippen LogP contribution in [0, 0.1) is 0 Å². The summed E-state index contributed by atoms with van der Waals surface area (Å²) in [5.74, 6) is 1.64. The number of hydrogen-bond acceptors (Lipinski definition) is 4. The first-order valence-corrected chi connectivity index (χ1v) is 6.91. The highest BCUT2D eigenvalue weighted by atomic mass is 16.5. The molecule has 0 aromatic carbocycles. The molecule has 5 heteroatoms. The third-order valence-corrected chi connectivity index (χ3v) is 3.71. The second-order valence-electron chi connectivity index (χ2n) is 5.00. The summed E-state index contributed by atoms with van der Waals surface area (Å²) in [6.07, 6.45) is 4.24. The smallest absolute Gasteiger partial charge is 0.160 e. The van der Waals surface area contributed by atoms with Crippen molar-refractivity contribution >= 4 is 11.2 Å². The standard InChI is InChI=1S/C14H20N4O/c1-19-9-8-18-13(11-4-2-6-15-10-11)17-12-5-3-7-16-14(12)18/h3,5,7,11,15H,2,4,6,8-10H2,1H3. The third-order valence-electron chi connectivity index (χ3n) is 3.71. The van der Waals surface area contributed by atoms with Gasteiger partial charge in [0.1, 0.15) is 11.3 Å². The van der Waals surface area contributed by atoms with Gasteiger partial charge in [0.05, 0.1) is 6.61 Å². The van der Waals surface area contributed by atoms with Crippen LogP contribution < -0.4 is 5.32 Å². The summed E-state index contributed by atoms with van der Waals surface area (Å²) in [6.45, 7) is 3.63. The van der Waals surface area contributed by atoms with E-state index in [4.69, 9.17) is 9.72 Å². The maximum atomic E-state index is 5.21. The minimum Gasteiger partial charge on any atom is -0.383 e. The van der Waals surface area contributed by atoms with Gasteiger partial charge >= 0.3 is 0 Å². The lowest BCUT2D eigenvalue weighted by Gasteiger charge is -2.23. The molecule has 1 saturated heterocycles. The summed E-state index contributed by atoms with van der Waals surface area (Å²) >= 11 is 0. The van der Waals surface area contributed by atoms with E-state index in [0.717, 1.165) is 36.6 Å². The van der Waals surface area contributed by atoms with E-state index in [1.54, 1.807) is 7.11 Å². The molecule has 0 bridgehead atoms. The van der Waals surface area contributed by atoms with Crippen LogP contribution in [0.1, 0.15) is 24.6 Å². The molecule has 0 amide bonds. The Morgan fingerprint density at radius 2 is 2.47 bits per heavy atom. The maximum absolute atomic E-state index is 5.21. The van der Waals surface area contributed by atoms with Crippen molar-refractivity contribution in [2.45, 2.75) is 25.3 Å². The van der Waals surface area contributed by atoms with Gasteiger partial charge in [-0.15, -0.1) is 0 Å². The van der Waals surface area contributed by atoms with Crippen LogP contribution in [0.5, 0.6) is 0 Å². The van der Waals surface area contributed by atoms with Crippen LogP contribution >= 0.6 is 0 Å². The molecule has 1 fully saturated rings. The molecule has 1 unspecified atom stereocenters. The Bertz CT molecular complexity index is 545. The first-order valence-electron chi connectivity index (χ1n) is 6.91. The normalized spacial score (nSPS) is 19.9. The number of nitrogens with one attached hydrogen (secondary N) is 1. The van der Waals surface area contributed by atoms with Gasteiger partial charge < -0.3 is 14.6 Å². The lowest BCUT2D eigenvalue weighted by atomic mass is 9.99. The van der Waals surface area contributed by atoms with Gasteiger partial charge in [-0.1, -0.05) is 0 Å². The molecule has 0 aliphatic carbocycles. The van der Waals surface area contributed by atoms with Crippen molar-refractivity contribution in [3.63, 3.8) is 0 Å². The van der Waals surface area contributed by atoms with Crippen molar-refractivity contribution in [2.75, 3.05) is 26.8 Å². The highest BCUT2D eigenvalue weighted by Gasteiger charge is 2.22. The van der Waals surface area contributed by atoms with Gasteiger partial charge in [-0.2, -0.15) is 0 Å². The average molecular weight is 260 g/mol. The van der Waals surface area contributed by atoms with Gasteiger partial charge in [-0.3, -0.25) is 0 Å². The second-order valence-corrected chi connectivity index (χ2v) is 5.00. The van der Waals surface area contributed by atoms with E-state index in [1.165, 1.54) is 12.8 Å². The van der Waals surface area contributed by atoms with Gasteiger partial charge in [0.25, 0.3) is 0 Å². The van der Waals surface area contributed by atoms with Gasteiger partial charge in [0.15, 0.2) is 5.65 Å². The predicted octanol–water partition coefficient (Wildman–Crippen LogP) is 1.54. The molecule has 5 nitrogen and oxygen atoms in total. The van der Waals surface area contributed by atoms with Gasteiger partial charge in [0.2, 0.25) is 0 Å². The Labute approximate surface area is 113 Å². The molecule has 1 aliphatic heterocycles. The number of fused-ring (bicyclic) bond motifs is 1. The molecule has 1 atom stereocenters. The molecule has 1 aliphatic rings. The Hall–Kier alpha value is -1.46. The highest BCUT2D eigenvalue weighted by Crippen LogP contribution is 2.25. The van der Waals surface area contributed by atoms with E-state index in [2.05, 4.69) is 14.9 Å². The number of hydrogen-bond donors (Lipinski definition) is 1. The van der Waals surface area contributed by atoms with Gasteiger partial charge in [-0.25, -0.2) is 9.97 Å². The predicted molar refractivity (Wildman–Crippen MR) is 74.2 cm³/mol. The van der Waals surface area contributed by atoms with Crippen molar-refractivity contribution in [1.29, 1.82) is 0 Å². The van der Waals surface area contributed by atoms with E-state index < -0.39 is 0 Å². The minimum atomic E-state index is 0.486. The molecule has 3 rings (SSSR count). The molecule has 2 aromatic heterocycles. The Balaban J connectivity index is 2.00. The van der Waals surface area contributed by atoms with Crippen molar-refractivity contribution in [3.05, 3.63) is 24.2 Å². The summed E-state index contributed by atoms with van der Waals surface area (Å²) in [5.41, 5.74) is 1.96. The first kappa shape index (κ1) is 12.6. The van der Waals surface area contributed by atoms with Crippen LogP contribution in [0.15, 0.2) is 18.3 Å². The fourth-order valence-electron chi connectivity index (χ4n) is 2.76. The lowest BCUT2D eigenvalue weighted by molar-refractivity contribution is 0.186. The number of methoxy groups -OCH3 is 1. The lowest BCUT2D eigenvalue weighted by Crippen LogP contribution is -2.30. The SMILES string of the molecule is COCCn1c(C2CCCNC2)nc2cccnc21. The fraction of sp³-hybridized carbons (Fsp3) is 0.571. The number of nitrogens with zero attached hydrogens (tertiary/aromatic N) is 3. The van der Waals surface area contributed by atoms with E-state index in [9.17, 15) is 0 Å². The van der Waals surface area contributed by atoms with Crippen molar-refractivity contribution < 1.29 is 4.74 Å². The summed E-state index contributed by atoms with van der Waals surface area (Å²) < 4.78 is 7.43. The van der Waals surface area contributed by atoms with E-state index in [-0.39, 0.29) is 0 Å². The molecular weight excluding hydrogens is 240 g/mol. The van der Waals surface area contributed by atoms with Crippen molar-refractivity contribution in [3.8, 4) is 0 Å². The number of aromatic nitrogens is 3. The number of pyridine rings is 1. The maximum Gasteiger partial charge on any atom is 0.160 e. The fourth-order valence-corrected chi connectivity index (χ4v) is 2.76. The first-order chi connectivity index (χ1) is 9.40. The molecule has 1 N–H and O–H groups in total. The molecule has 0 saturated carbocycles. The molecule has 3 heterocycles. The summed E-state index contributed by atoms with van der Waals surface area (Å²) in [7, 11) is 1.73. The zero-order valence-corrected chi connectivity index (χ0v) is 11.3. The molecular formula is C14H20N4O. The van der Waals surface area contributed by atoms with Gasteiger partial charge in [-0.05, 0) is 31.5 Å². The number of rotatable bonds is 4. The number of imidazole rings is 1. The average Bonchev–Trinajstić information content (AvgIpc) is 2.85. The number of piperidine rings is 1. The second kappa shape index (κ2) is 5.67. The van der Waals surface area contributed by atoms with Crippen molar-refractivity contribution in [2.24, 2.45) is 0 Å². The van der Waals surface area contributed by atoms with Crippen LogP contribution in [0.3, 0.4) is 0 Å². The monoisotopic (exact) mass is 260 g/mol. The quantitative estimate of drug-likeness (QED) is 0.906. The Kier molecular flexibility index (Phi) is 3.75. The summed E-state index contributed by atoms with van der Waals surface area (Å²) in [6, 6.07) is 3.98. The summed E-state index contributed by atoms with van der Waals surface area (Å²) in [5, 5.41) is 3.46. The molecule has 19 heavy (non-hydrogen) atoms. The van der Waals surface area contributed by atoms with Crippen LogP contribution in [0.2, 0.25) is 0 Å². The van der Waals surface area contributed by atoms with Crippen LogP contribution in [0.4, 0.5) is 0 Å². The Morgan fingerprint density at radius 3 is 3.26 bits per heavy atom. The zero-order valence-electron chi connectivity index (χ0n) is 11.3. The highest BCUT2D eigenvalue weighted by molar-refractivity contribution is 5.71. The Morgan fingerprint density at radius 1 is 1.53 bits per heavy atom. The molecule has 2 aromatic rings. The molecule has 102 valence electrons. The topological polar surface area (TPSA) is 52.0 Å². The molecule has 0 spiro atoms. The van der Waals surface area contributed by atoms with Crippen LogP contribution in [-0.4, -0.2) is 41.3 Å². The van der Waals surface area contributed by atoms with E-state index in [0.29, 0.717) is 12.5 Å². The third kappa shape index (κ3) is 2.48. The van der Waals surface area contributed by atoms with E-state index >= 15 is 0 Å². The van der Waals surface area contributed by atoms with Crippen LogP contribution in [-0.2, 0) is 11.3 Å². The van der Waals surface area contributed by atoms with Crippen LogP contribution in [0.25, 0.3) is 11.2 Å².